The van der Waals surface area contributed by atoms with Gasteiger partial charge >= 0.3 is 5.97 Å². The van der Waals surface area contributed by atoms with Gasteiger partial charge in [0.2, 0.25) is 0 Å². The van der Waals surface area contributed by atoms with E-state index in [1.807, 2.05) is 42.5 Å². The predicted molar refractivity (Wildman–Crippen MR) is 125 cm³/mol. The number of hydrogen-bond acceptors (Lipinski definition) is 6. The summed E-state index contributed by atoms with van der Waals surface area (Å²) in [5, 5.41) is 0.618. The Hall–Kier alpha value is -2.57. The summed E-state index contributed by atoms with van der Waals surface area (Å²) in [6.07, 6.45) is 4.78. The number of para-hydroxylation sites is 1. The number of rotatable bonds is 3. The molecule has 0 aromatic heterocycles. The third-order valence-electron chi connectivity index (χ3n) is 6.57. The minimum atomic E-state index is -0.0979. The maximum Gasteiger partial charge on any atom is 0.307 e. The molecule has 2 aromatic carbocycles. The summed E-state index contributed by atoms with van der Waals surface area (Å²) >= 11 is 6.25. The van der Waals surface area contributed by atoms with Gasteiger partial charge in [0.25, 0.3) is 0 Å². The number of piperazine rings is 1. The van der Waals surface area contributed by atoms with Crippen LogP contribution >= 0.6 is 11.6 Å². The van der Waals surface area contributed by atoms with Crippen LogP contribution in [0.15, 0.2) is 47.5 Å². The van der Waals surface area contributed by atoms with Gasteiger partial charge in [-0.2, -0.15) is 0 Å². The van der Waals surface area contributed by atoms with E-state index in [1.165, 1.54) is 0 Å². The van der Waals surface area contributed by atoms with Crippen molar-refractivity contribution in [1.29, 1.82) is 0 Å². The Morgan fingerprint density at radius 3 is 2.81 bits per heavy atom. The molecular formula is C25H28ClN3O3. The smallest absolute Gasteiger partial charge is 0.307 e. The van der Waals surface area contributed by atoms with Crippen molar-refractivity contribution >= 4 is 29.1 Å². The lowest BCUT2D eigenvalue weighted by molar-refractivity contribution is -0.150. The number of benzene rings is 2. The van der Waals surface area contributed by atoms with Crippen LogP contribution < -0.4 is 4.74 Å². The molecule has 2 aromatic rings. The van der Waals surface area contributed by atoms with Crippen molar-refractivity contribution in [3.05, 3.63) is 53.1 Å². The van der Waals surface area contributed by atoms with Crippen molar-refractivity contribution < 1.29 is 14.3 Å². The SMILES string of the molecule is CN1CCN(C2=Nc3cc(Cl)ccc3Oc3ccccc32)CC1CC(=O)OC1CCCC1. The van der Waals surface area contributed by atoms with E-state index in [4.69, 9.17) is 26.1 Å². The highest BCUT2D eigenvalue weighted by Gasteiger charge is 2.32. The van der Waals surface area contributed by atoms with Crippen LogP contribution in [0.2, 0.25) is 5.02 Å². The van der Waals surface area contributed by atoms with Crippen LogP contribution in [0.5, 0.6) is 11.5 Å². The molecule has 168 valence electrons. The Balaban J connectivity index is 1.40. The van der Waals surface area contributed by atoms with Gasteiger partial charge in [-0.25, -0.2) is 4.99 Å². The molecular weight excluding hydrogens is 426 g/mol. The van der Waals surface area contributed by atoms with Crippen molar-refractivity contribution in [3.63, 3.8) is 0 Å². The van der Waals surface area contributed by atoms with E-state index in [-0.39, 0.29) is 18.1 Å². The molecule has 1 saturated heterocycles. The van der Waals surface area contributed by atoms with Crippen LogP contribution in [0.4, 0.5) is 5.69 Å². The first kappa shape index (κ1) is 21.3. The van der Waals surface area contributed by atoms with Crippen LogP contribution in [-0.2, 0) is 9.53 Å². The summed E-state index contributed by atoms with van der Waals surface area (Å²) < 4.78 is 11.9. The van der Waals surface area contributed by atoms with Crippen LogP contribution in [0.1, 0.15) is 37.7 Å². The first-order valence-corrected chi connectivity index (χ1v) is 11.7. The van der Waals surface area contributed by atoms with E-state index in [2.05, 4.69) is 16.8 Å². The summed E-state index contributed by atoms with van der Waals surface area (Å²) in [4.78, 5) is 22.1. The number of ether oxygens (including phenoxy) is 2. The van der Waals surface area contributed by atoms with Crippen LogP contribution in [-0.4, -0.2) is 60.4 Å². The fourth-order valence-electron chi connectivity index (χ4n) is 4.73. The molecule has 1 atom stereocenters. The van der Waals surface area contributed by atoms with Crippen LogP contribution in [0, 0.1) is 0 Å². The van der Waals surface area contributed by atoms with Crippen molar-refractivity contribution in [3.8, 4) is 11.5 Å². The zero-order chi connectivity index (χ0) is 22.1. The highest BCUT2D eigenvalue weighted by molar-refractivity contribution is 6.31. The summed E-state index contributed by atoms with van der Waals surface area (Å²) in [6.45, 7) is 2.35. The molecule has 1 aliphatic carbocycles. The molecule has 3 aliphatic rings. The molecule has 1 unspecified atom stereocenters. The van der Waals surface area contributed by atoms with Gasteiger partial charge < -0.3 is 14.4 Å². The van der Waals surface area contributed by atoms with Gasteiger partial charge in [0.05, 0.1) is 12.0 Å². The highest BCUT2D eigenvalue weighted by Crippen LogP contribution is 2.39. The number of carbonyl (C=O) groups excluding carboxylic acids is 1. The molecule has 0 amide bonds. The van der Waals surface area contributed by atoms with Gasteiger partial charge in [-0.1, -0.05) is 23.7 Å². The zero-order valence-electron chi connectivity index (χ0n) is 18.3. The van der Waals surface area contributed by atoms with E-state index in [0.717, 1.165) is 55.9 Å². The molecule has 32 heavy (non-hydrogen) atoms. The van der Waals surface area contributed by atoms with Crippen LogP contribution in [0.25, 0.3) is 0 Å². The first-order valence-electron chi connectivity index (χ1n) is 11.4. The fourth-order valence-corrected chi connectivity index (χ4v) is 4.90. The van der Waals surface area contributed by atoms with E-state index in [9.17, 15) is 4.79 Å². The quantitative estimate of drug-likeness (QED) is 0.611. The standard InChI is InChI=1S/C25H28ClN3O3/c1-28-12-13-29(16-18(28)15-24(30)31-19-6-2-3-7-19)25-20-8-4-5-9-22(20)32-23-11-10-17(26)14-21(23)27-25/h4-5,8-11,14,18-19H,2-3,6-7,12-13,15-16H2,1H3. The van der Waals surface area contributed by atoms with Gasteiger partial charge in [0.1, 0.15) is 23.4 Å². The molecule has 2 heterocycles. The molecule has 7 heteroatoms. The predicted octanol–water partition coefficient (Wildman–Crippen LogP) is 5.02. The lowest BCUT2D eigenvalue weighted by atomic mass is 10.1. The number of amidine groups is 1. The minimum absolute atomic E-state index is 0.0653. The molecule has 2 fully saturated rings. The Kier molecular flexibility index (Phi) is 6.07. The number of esters is 1. The molecule has 0 spiro atoms. The molecule has 1 saturated carbocycles. The third-order valence-corrected chi connectivity index (χ3v) is 6.81. The second-order valence-corrected chi connectivity index (χ2v) is 9.26. The summed E-state index contributed by atoms with van der Waals surface area (Å²) in [5.41, 5.74) is 1.65. The van der Waals surface area contributed by atoms with Gasteiger partial charge in [-0.3, -0.25) is 9.69 Å². The average Bonchev–Trinajstić information content (AvgIpc) is 3.23. The summed E-state index contributed by atoms with van der Waals surface area (Å²) in [6, 6.07) is 13.5. The molecule has 2 aliphatic heterocycles. The maximum atomic E-state index is 12.6. The van der Waals surface area contributed by atoms with Gasteiger partial charge in [-0.05, 0) is 63.1 Å². The summed E-state index contributed by atoms with van der Waals surface area (Å²) in [5.74, 6) is 2.20. The molecule has 5 rings (SSSR count). The number of likely N-dealkylation sites (N-methyl/N-ethyl adjacent to an activating group) is 1. The number of hydrogen-bond donors (Lipinski definition) is 0. The third kappa shape index (κ3) is 4.48. The summed E-state index contributed by atoms with van der Waals surface area (Å²) in [7, 11) is 2.08. The lowest BCUT2D eigenvalue weighted by Crippen LogP contribution is -2.54. The number of carbonyl (C=O) groups is 1. The lowest BCUT2D eigenvalue weighted by Gasteiger charge is -2.40. The highest BCUT2D eigenvalue weighted by atomic mass is 35.5. The molecule has 0 radical (unpaired) electrons. The molecule has 0 bridgehead atoms. The van der Waals surface area contributed by atoms with E-state index < -0.39 is 0 Å². The van der Waals surface area contributed by atoms with Gasteiger partial charge in [0, 0.05) is 30.7 Å². The monoisotopic (exact) mass is 453 g/mol. The number of nitrogens with zero attached hydrogens (tertiary/aromatic N) is 3. The number of halogens is 1. The van der Waals surface area contributed by atoms with Gasteiger partial charge in [0.15, 0.2) is 5.75 Å². The number of fused-ring (bicyclic) bond motifs is 2. The zero-order valence-corrected chi connectivity index (χ0v) is 19.1. The average molecular weight is 454 g/mol. The van der Waals surface area contributed by atoms with Crippen molar-refractivity contribution in [2.75, 3.05) is 26.7 Å². The Morgan fingerprint density at radius 1 is 1.16 bits per heavy atom. The van der Waals surface area contributed by atoms with E-state index in [1.54, 1.807) is 0 Å². The second-order valence-electron chi connectivity index (χ2n) is 8.83. The molecule has 0 N–H and O–H groups in total. The molecule has 6 nitrogen and oxygen atoms in total. The largest absolute Gasteiger partial charge is 0.462 e. The van der Waals surface area contributed by atoms with Gasteiger partial charge in [-0.15, -0.1) is 0 Å². The maximum absolute atomic E-state index is 12.6. The topological polar surface area (TPSA) is 54.4 Å². The number of aliphatic imine (C=N–C) groups is 1. The Labute approximate surface area is 193 Å². The van der Waals surface area contributed by atoms with Crippen molar-refractivity contribution in [2.45, 2.75) is 44.2 Å². The van der Waals surface area contributed by atoms with Crippen molar-refractivity contribution in [1.82, 2.24) is 9.80 Å². The van der Waals surface area contributed by atoms with E-state index >= 15 is 0 Å². The first-order chi connectivity index (χ1) is 15.6. The fraction of sp³-hybridized carbons (Fsp3) is 0.440. The van der Waals surface area contributed by atoms with Crippen LogP contribution in [0.3, 0.4) is 0 Å². The van der Waals surface area contributed by atoms with E-state index in [0.29, 0.717) is 29.4 Å². The minimum Gasteiger partial charge on any atom is -0.462 e. The second kappa shape index (κ2) is 9.12. The normalized spacial score (nSPS) is 21.2. The van der Waals surface area contributed by atoms with Crippen molar-refractivity contribution in [2.24, 2.45) is 4.99 Å². The Bertz CT molecular complexity index is 1030. The Morgan fingerprint density at radius 2 is 1.97 bits per heavy atom.